The van der Waals surface area contributed by atoms with Gasteiger partial charge in [-0.1, -0.05) is 81.1 Å². The van der Waals surface area contributed by atoms with Crippen LogP contribution in [-0.4, -0.2) is 16.2 Å². The van der Waals surface area contributed by atoms with E-state index in [9.17, 15) is 0 Å². The number of aryl methyl sites for hydroxylation is 1. The minimum atomic E-state index is 0.0201. The van der Waals surface area contributed by atoms with Gasteiger partial charge >= 0.3 is 0 Å². The number of unbranched alkanes of at least 4 members (excludes halogenated alkanes) is 7. The third kappa shape index (κ3) is 8.68. The summed E-state index contributed by atoms with van der Waals surface area (Å²) >= 11 is 12.3. The smallest absolute Gasteiger partial charge is 0.0945 e. The zero-order chi connectivity index (χ0) is 19.3. The maximum Gasteiger partial charge on any atom is 0.0945 e. The number of aromatic nitrogens is 2. The lowest BCUT2D eigenvalue weighted by atomic mass is 10.1. The van der Waals surface area contributed by atoms with Crippen LogP contribution in [0.2, 0.25) is 10.0 Å². The highest BCUT2D eigenvalue weighted by molar-refractivity contribution is 6.42. The fraction of sp³-hybridized carbons (Fsp3) is 0.591. The summed E-state index contributed by atoms with van der Waals surface area (Å²) in [5.41, 5.74) is 1.09. The molecular formula is C22H32Cl2N2O. The Morgan fingerprint density at radius 1 is 1.00 bits per heavy atom. The van der Waals surface area contributed by atoms with E-state index in [1.165, 1.54) is 44.9 Å². The Labute approximate surface area is 174 Å². The summed E-state index contributed by atoms with van der Waals surface area (Å²) in [5, 5.41) is 1.16. The Morgan fingerprint density at radius 3 is 2.41 bits per heavy atom. The molecule has 0 aliphatic rings. The number of hydrogen-bond acceptors (Lipinski definition) is 2. The summed E-state index contributed by atoms with van der Waals surface area (Å²) in [6, 6.07) is 5.79. The first-order valence-corrected chi connectivity index (χ1v) is 11.0. The van der Waals surface area contributed by atoms with Crippen molar-refractivity contribution in [2.24, 2.45) is 0 Å². The average Bonchev–Trinajstić information content (AvgIpc) is 3.19. The molecule has 0 amide bonds. The zero-order valence-electron chi connectivity index (χ0n) is 16.4. The highest BCUT2D eigenvalue weighted by Gasteiger charge is 2.14. The largest absolute Gasteiger partial charge is 0.373 e. The highest BCUT2D eigenvalue weighted by atomic mass is 35.5. The summed E-state index contributed by atoms with van der Waals surface area (Å²) in [6.07, 6.45) is 16.9. The van der Waals surface area contributed by atoms with Crippen molar-refractivity contribution in [1.82, 2.24) is 9.55 Å². The summed E-state index contributed by atoms with van der Waals surface area (Å²) in [7, 11) is 0. The summed E-state index contributed by atoms with van der Waals surface area (Å²) < 4.78 is 8.30. The molecule has 1 aromatic heterocycles. The van der Waals surface area contributed by atoms with E-state index in [4.69, 9.17) is 27.9 Å². The molecule has 0 radical (unpaired) electrons. The molecule has 0 fully saturated rings. The van der Waals surface area contributed by atoms with E-state index in [0.717, 1.165) is 31.6 Å². The van der Waals surface area contributed by atoms with Gasteiger partial charge in [0.15, 0.2) is 0 Å². The van der Waals surface area contributed by atoms with Gasteiger partial charge < -0.3 is 9.30 Å². The topological polar surface area (TPSA) is 27.1 Å². The standard InChI is InChI=1S/C22H32Cl2N2O/c1-2-3-4-5-6-7-8-9-16-27-22(12-14-26-15-13-25-18-26)19-10-11-20(23)21(24)17-19/h10-11,13,15,17-18,22H,2-9,12,14,16H2,1H3. The molecule has 2 aromatic rings. The molecule has 5 heteroatoms. The molecule has 0 saturated carbocycles. The predicted molar refractivity (Wildman–Crippen MR) is 115 cm³/mol. The SMILES string of the molecule is CCCCCCCCCCOC(CCn1ccnc1)c1ccc(Cl)c(Cl)c1. The molecule has 150 valence electrons. The van der Waals surface area contributed by atoms with E-state index in [0.29, 0.717) is 10.0 Å². The maximum atomic E-state index is 6.23. The average molecular weight is 411 g/mol. The number of imidazole rings is 1. The fourth-order valence-electron chi connectivity index (χ4n) is 3.21. The second kappa shape index (κ2) is 13.2. The van der Waals surface area contributed by atoms with E-state index < -0.39 is 0 Å². The van der Waals surface area contributed by atoms with E-state index in [2.05, 4.69) is 16.5 Å². The third-order valence-corrected chi connectivity index (χ3v) is 5.58. The normalized spacial score (nSPS) is 12.4. The van der Waals surface area contributed by atoms with Gasteiger partial charge in [-0.25, -0.2) is 4.98 Å². The van der Waals surface area contributed by atoms with Gasteiger partial charge in [-0.2, -0.15) is 0 Å². The van der Waals surface area contributed by atoms with E-state index >= 15 is 0 Å². The van der Waals surface area contributed by atoms with Crippen molar-refractivity contribution in [3.05, 3.63) is 52.5 Å². The Hall–Kier alpha value is -1.03. The second-order valence-electron chi connectivity index (χ2n) is 7.10. The lowest BCUT2D eigenvalue weighted by Crippen LogP contribution is -2.09. The molecule has 0 aliphatic heterocycles. The monoisotopic (exact) mass is 410 g/mol. The summed E-state index contributed by atoms with van der Waals surface area (Å²) in [5.74, 6) is 0. The number of hydrogen-bond donors (Lipinski definition) is 0. The molecule has 1 heterocycles. The highest BCUT2D eigenvalue weighted by Crippen LogP contribution is 2.29. The second-order valence-corrected chi connectivity index (χ2v) is 7.91. The van der Waals surface area contributed by atoms with Crippen LogP contribution in [0.4, 0.5) is 0 Å². The van der Waals surface area contributed by atoms with Gasteiger partial charge in [-0.3, -0.25) is 0 Å². The Balaban J connectivity index is 1.76. The Kier molecular flexibility index (Phi) is 10.9. The van der Waals surface area contributed by atoms with Gasteiger partial charge in [0.1, 0.15) is 0 Å². The first-order valence-electron chi connectivity index (χ1n) is 10.2. The van der Waals surface area contributed by atoms with Gasteiger partial charge in [0.25, 0.3) is 0 Å². The van der Waals surface area contributed by atoms with Crippen LogP contribution in [0.1, 0.15) is 76.4 Å². The van der Waals surface area contributed by atoms with Crippen molar-refractivity contribution in [3.63, 3.8) is 0 Å². The molecule has 1 aromatic carbocycles. The lowest BCUT2D eigenvalue weighted by Gasteiger charge is -2.19. The molecule has 0 bridgehead atoms. The van der Waals surface area contributed by atoms with Gasteiger partial charge in [-0.15, -0.1) is 0 Å². The molecular weight excluding hydrogens is 379 g/mol. The number of nitrogens with zero attached hydrogens (tertiary/aromatic N) is 2. The molecule has 0 spiro atoms. The molecule has 1 unspecified atom stereocenters. The fourth-order valence-corrected chi connectivity index (χ4v) is 3.51. The van der Waals surface area contributed by atoms with Crippen LogP contribution in [0.25, 0.3) is 0 Å². The third-order valence-electron chi connectivity index (χ3n) is 4.84. The van der Waals surface area contributed by atoms with Crippen molar-refractivity contribution in [2.75, 3.05) is 6.61 Å². The molecule has 27 heavy (non-hydrogen) atoms. The van der Waals surface area contributed by atoms with Crippen LogP contribution in [0.15, 0.2) is 36.9 Å². The van der Waals surface area contributed by atoms with Crippen molar-refractivity contribution in [1.29, 1.82) is 0 Å². The Morgan fingerprint density at radius 2 is 1.74 bits per heavy atom. The molecule has 3 nitrogen and oxygen atoms in total. The van der Waals surface area contributed by atoms with Gasteiger partial charge in [0.2, 0.25) is 0 Å². The molecule has 2 rings (SSSR count). The predicted octanol–water partition coefficient (Wildman–Crippen LogP) is 7.48. The quantitative estimate of drug-likeness (QED) is 0.301. The minimum absolute atomic E-state index is 0.0201. The van der Waals surface area contributed by atoms with Crippen molar-refractivity contribution in [2.45, 2.75) is 77.4 Å². The number of ether oxygens (including phenoxy) is 1. The molecule has 0 aliphatic carbocycles. The molecule has 0 saturated heterocycles. The van der Waals surface area contributed by atoms with E-state index in [1.54, 1.807) is 6.20 Å². The van der Waals surface area contributed by atoms with Gasteiger partial charge in [0.05, 0.1) is 22.5 Å². The number of benzene rings is 1. The van der Waals surface area contributed by atoms with Crippen molar-refractivity contribution >= 4 is 23.2 Å². The van der Waals surface area contributed by atoms with Crippen LogP contribution >= 0.6 is 23.2 Å². The van der Waals surface area contributed by atoms with Crippen molar-refractivity contribution < 1.29 is 4.74 Å². The van der Waals surface area contributed by atoms with E-state index in [-0.39, 0.29) is 6.10 Å². The lowest BCUT2D eigenvalue weighted by molar-refractivity contribution is 0.0410. The van der Waals surface area contributed by atoms with Crippen molar-refractivity contribution in [3.8, 4) is 0 Å². The molecule has 1 atom stereocenters. The van der Waals surface area contributed by atoms with Crippen LogP contribution in [0.5, 0.6) is 0 Å². The zero-order valence-corrected chi connectivity index (χ0v) is 17.9. The molecule has 0 N–H and O–H groups in total. The number of halogens is 2. The van der Waals surface area contributed by atoms with Crippen LogP contribution in [0, 0.1) is 0 Å². The Bertz CT molecular complexity index is 631. The first kappa shape index (κ1) is 22.3. The van der Waals surface area contributed by atoms with Crippen LogP contribution in [0.3, 0.4) is 0 Å². The van der Waals surface area contributed by atoms with Gasteiger partial charge in [-0.05, 0) is 30.5 Å². The van der Waals surface area contributed by atoms with Crippen LogP contribution in [-0.2, 0) is 11.3 Å². The van der Waals surface area contributed by atoms with Gasteiger partial charge in [0, 0.05) is 25.5 Å². The van der Waals surface area contributed by atoms with Crippen LogP contribution < -0.4 is 0 Å². The maximum absolute atomic E-state index is 6.23. The summed E-state index contributed by atoms with van der Waals surface area (Å²) in [6.45, 7) is 3.90. The number of rotatable bonds is 14. The van der Waals surface area contributed by atoms with E-state index in [1.807, 2.05) is 30.7 Å². The summed E-state index contributed by atoms with van der Waals surface area (Å²) in [4.78, 5) is 4.10. The minimum Gasteiger partial charge on any atom is -0.373 e. The first-order chi connectivity index (χ1) is 13.2.